The number of nitrogens with zero attached hydrogens (tertiary/aromatic N) is 2. The van der Waals surface area contributed by atoms with Gasteiger partial charge in [0.15, 0.2) is 12.1 Å². The molecule has 3 nitrogen and oxygen atoms in total. The molecule has 0 amide bonds. The van der Waals surface area contributed by atoms with Crippen LogP contribution in [0.25, 0.3) is 0 Å². The Kier molecular flexibility index (Phi) is 2.52. The molecule has 0 fully saturated rings. The molecule has 0 N–H and O–H groups in total. The molecule has 1 heterocycles. The number of rotatable bonds is 2. The fraction of sp³-hybridized carbons (Fsp3) is 0. The zero-order valence-electron chi connectivity index (χ0n) is 7.18. The standard InChI is InChI=1S/C10H6N2OS/c11-6-9-10(13-7-12-9)14-8-4-2-1-3-5-8/h1-5,7H. The van der Waals surface area contributed by atoms with E-state index in [-0.39, 0.29) is 0 Å². The second-order valence-corrected chi connectivity index (χ2v) is 3.56. The van der Waals surface area contributed by atoms with Crippen molar-refractivity contribution in [1.82, 2.24) is 4.98 Å². The number of aromatic nitrogens is 1. The van der Waals surface area contributed by atoms with Gasteiger partial charge >= 0.3 is 0 Å². The molecule has 68 valence electrons. The molecule has 0 aliphatic carbocycles. The number of benzene rings is 1. The highest BCUT2D eigenvalue weighted by Crippen LogP contribution is 2.29. The molecule has 1 aromatic carbocycles. The van der Waals surface area contributed by atoms with Crippen LogP contribution < -0.4 is 0 Å². The monoisotopic (exact) mass is 202 g/mol. The fourth-order valence-corrected chi connectivity index (χ4v) is 1.77. The summed E-state index contributed by atoms with van der Waals surface area (Å²) in [4.78, 5) is 4.81. The highest BCUT2D eigenvalue weighted by Gasteiger charge is 2.08. The lowest BCUT2D eigenvalue weighted by atomic mass is 10.4. The Morgan fingerprint density at radius 3 is 2.79 bits per heavy atom. The van der Waals surface area contributed by atoms with Crippen LogP contribution >= 0.6 is 11.8 Å². The Balaban J connectivity index is 2.24. The van der Waals surface area contributed by atoms with Crippen molar-refractivity contribution < 1.29 is 4.42 Å². The lowest BCUT2D eigenvalue weighted by molar-refractivity contribution is 0.468. The average molecular weight is 202 g/mol. The molecule has 0 atom stereocenters. The molecular weight excluding hydrogens is 196 g/mol. The quantitative estimate of drug-likeness (QED) is 0.751. The van der Waals surface area contributed by atoms with Gasteiger partial charge in [-0.05, 0) is 23.9 Å². The topological polar surface area (TPSA) is 49.8 Å². The largest absolute Gasteiger partial charge is 0.435 e. The van der Waals surface area contributed by atoms with E-state index in [1.807, 2.05) is 36.4 Å². The molecule has 1 aromatic heterocycles. The predicted molar refractivity (Wildman–Crippen MR) is 51.8 cm³/mol. The van der Waals surface area contributed by atoms with Gasteiger partial charge in [-0.3, -0.25) is 0 Å². The molecule has 0 saturated carbocycles. The number of oxazole rings is 1. The van der Waals surface area contributed by atoms with E-state index in [9.17, 15) is 0 Å². The summed E-state index contributed by atoms with van der Waals surface area (Å²) < 4.78 is 5.09. The van der Waals surface area contributed by atoms with Crippen molar-refractivity contribution in [2.24, 2.45) is 0 Å². The van der Waals surface area contributed by atoms with Crippen LogP contribution in [0.4, 0.5) is 0 Å². The van der Waals surface area contributed by atoms with E-state index in [0.717, 1.165) is 4.90 Å². The van der Waals surface area contributed by atoms with E-state index in [4.69, 9.17) is 9.68 Å². The van der Waals surface area contributed by atoms with Crippen LogP contribution in [0.3, 0.4) is 0 Å². The van der Waals surface area contributed by atoms with Gasteiger partial charge in [-0.25, -0.2) is 4.98 Å². The van der Waals surface area contributed by atoms with E-state index in [1.54, 1.807) is 0 Å². The highest BCUT2D eigenvalue weighted by molar-refractivity contribution is 7.99. The zero-order chi connectivity index (χ0) is 9.80. The zero-order valence-corrected chi connectivity index (χ0v) is 7.99. The summed E-state index contributed by atoms with van der Waals surface area (Å²) in [5.74, 6) is 0. The van der Waals surface area contributed by atoms with Gasteiger partial charge in [0.05, 0.1) is 0 Å². The molecule has 0 radical (unpaired) electrons. The van der Waals surface area contributed by atoms with Gasteiger partial charge in [0.1, 0.15) is 6.07 Å². The molecule has 4 heteroatoms. The number of hydrogen-bond donors (Lipinski definition) is 0. The summed E-state index contributed by atoms with van der Waals surface area (Å²) in [7, 11) is 0. The lowest BCUT2D eigenvalue weighted by Gasteiger charge is -1.95. The van der Waals surface area contributed by atoms with Crippen LogP contribution in [-0.4, -0.2) is 4.98 Å². The summed E-state index contributed by atoms with van der Waals surface area (Å²) in [6.07, 6.45) is 1.28. The van der Waals surface area contributed by atoms with Crippen molar-refractivity contribution in [2.75, 3.05) is 0 Å². The SMILES string of the molecule is N#Cc1ncoc1Sc1ccccc1. The highest BCUT2D eigenvalue weighted by atomic mass is 32.2. The minimum absolute atomic E-state index is 0.332. The third-order valence-electron chi connectivity index (χ3n) is 1.59. The first-order chi connectivity index (χ1) is 6.90. The molecule has 2 aromatic rings. The maximum Gasteiger partial charge on any atom is 0.203 e. The van der Waals surface area contributed by atoms with Crippen molar-refractivity contribution in [3.8, 4) is 6.07 Å². The maximum absolute atomic E-state index is 8.70. The van der Waals surface area contributed by atoms with Crippen LogP contribution in [-0.2, 0) is 0 Å². The molecule has 0 saturated heterocycles. The minimum atomic E-state index is 0.332. The van der Waals surface area contributed by atoms with Crippen molar-refractivity contribution in [3.05, 3.63) is 42.4 Å². The molecule has 14 heavy (non-hydrogen) atoms. The van der Waals surface area contributed by atoms with Crippen LogP contribution in [0.5, 0.6) is 0 Å². The van der Waals surface area contributed by atoms with Gasteiger partial charge < -0.3 is 4.42 Å². The van der Waals surface area contributed by atoms with Gasteiger partial charge in [-0.2, -0.15) is 5.26 Å². The van der Waals surface area contributed by atoms with Gasteiger partial charge in [0, 0.05) is 4.90 Å². The first kappa shape index (κ1) is 8.85. The second-order valence-electron chi connectivity index (χ2n) is 2.52. The molecule has 0 spiro atoms. The molecule has 0 bridgehead atoms. The Labute approximate surface area is 85.4 Å². The molecule has 0 aliphatic heterocycles. The smallest absolute Gasteiger partial charge is 0.203 e. The third-order valence-corrected chi connectivity index (χ3v) is 2.58. The third kappa shape index (κ3) is 1.78. The average Bonchev–Trinajstić information content (AvgIpc) is 2.67. The van der Waals surface area contributed by atoms with Gasteiger partial charge in [-0.1, -0.05) is 18.2 Å². The van der Waals surface area contributed by atoms with E-state index < -0.39 is 0 Å². The minimum Gasteiger partial charge on any atom is -0.435 e. The first-order valence-corrected chi connectivity index (χ1v) is 4.78. The lowest BCUT2D eigenvalue weighted by Crippen LogP contribution is -1.75. The Morgan fingerprint density at radius 2 is 2.07 bits per heavy atom. The van der Waals surface area contributed by atoms with E-state index >= 15 is 0 Å². The van der Waals surface area contributed by atoms with Crippen molar-refractivity contribution >= 4 is 11.8 Å². The number of hydrogen-bond acceptors (Lipinski definition) is 4. The second kappa shape index (κ2) is 3.99. The Bertz CT molecular complexity index is 458. The molecule has 0 aliphatic rings. The van der Waals surface area contributed by atoms with Crippen molar-refractivity contribution in [1.29, 1.82) is 5.26 Å². The summed E-state index contributed by atoms with van der Waals surface area (Å²) >= 11 is 1.39. The molecule has 2 rings (SSSR count). The van der Waals surface area contributed by atoms with E-state index in [2.05, 4.69) is 4.98 Å². The molecular formula is C10H6N2OS. The van der Waals surface area contributed by atoms with Crippen molar-refractivity contribution in [2.45, 2.75) is 9.99 Å². The Morgan fingerprint density at radius 1 is 1.29 bits per heavy atom. The van der Waals surface area contributed by atoms with Crippen LogP contribution in [0, 0.1) is 11.3 Å². The Hall–Kier alpha value is -1.73. The summed E-state index contributed by atoms with van der Waals surface area (Å²) in [6.45, 7) is 0. The van der Waals surface area contributed by atoms with Gasteiger partial charge in [0.25, 0.3) is 0 Å². The van der Waals surface area contributed by atoms with Crippen molar-refractivity contribution in [3.63, 3.8) is 0 Å². The van der Waals surface area contributed by atoms with Gasteiger partial charge in [-0.15, -0.1) is 0 Å². The summed E-state index contributed by atoms with van der Waals surface area (Å²) in [6, 6.07) is 11.7. The summed E-state index contributed by atoms with van der Waals surface area (Å²) in [5.41, 5.74) is 0.332. The van der Waals surface area contributed by atoms with E-state index in [1.165, 1.54) is 18.2 Å². The van der Waals surface area contributed by atoms with E-state index in [0.29, 0.717) is 10.8 Å². The van der Waals surface area contributed by atoms with Crippen LogP contribution in [0.2, 0.25) is 0 Å². The summed E-state index contributed by atoms with van der Waals surface area (Å²) in [5, 5.41) is 9.24. The number of nitriles is 1. The first-order valence-electron chi connectivity index (χ1n) is 3.96. The fourth-order valence-electron chi connectivity index (χ4n) is 0.978. The maximum atomic E-state index is 8.70. The predicted octanol–water partition coefficient (Wildman–Crippen LogP) is 2.70. The molecule has 0 unspecified atom stereocenters. The normalized spacial score (nSPS) is 9.64. The van der Waals surface area contributed by atoms with Gasteiger partial charge in [0.2, 0.25) is 5.09 Å². The van der Waals surface area contributed by atoms with Crippen LogP contribution in [0.1, 0.15) is 5.69 Å². The van der Waals surface area contributed by atoms with Crippen LogP contribution in [0.15, 0.2) is 51.1 Å².